The summed E-state index contributed by atoms with van der Waals surface area (Å²) < 4.78 is 18.8. The van der Waals surface area contributed by atoms with Crippen molar-refractivity contribution >= 4 is 5.78 Å². The van der Waals surface area contributed by atoms with E-state index in [9.17, 15) is 9.18 Å². The van der Waals surface area contributed by atoms with Gasteiger partial charge in [-0.3, -0.25) is 4.79 Å². The van der Waals surface area contributed by atoms with E-state index in [1.54, 1.807) is 26.2 Å². The zero-order valence-electron chi connectivity index (χ0n) is 12.2. The van der Waals surface area contributed by atoms with Gasteiger partial charge in [-0.1, -0.05) is 12.1 Å². The number of nitrogens with zero attached hydrogens (tertiary/aromatic N) is 1. The molecular weight excluding hydrogens is 257 g/mol. The van der Waals surface area contributed by atoms with Crippen LogP contribution in [0, 0.1) is 12.7 Å². The molecule has 1 unspecified atom stereocenters. The number of carbonyl (C=O) groups is 1. The third-order valence-corrected chi connectivity index (χ3v) is 3.94. The number of ether oxygens (including phenoxy) is 1. The standard InChI is InChI=1S/C16H22FNO2/c1-12-5-6-13(10-15(12)17)16(19)7-9-18-8-3-4-14(11-18)20-2/h5-6,10,14H,3-4,7-9,11H2,1-2H3. The van der Waals surface area contributed by atoms with Crippen LogP contribution in [0.5, 0.6) is 0 Å². The van der Waals surface area contributed by atoms with Crippen molar-refractivity contribution in [1.82, 2.24) is 4.90 Å². The molecule has 0 N–H and O–H groups in total. The molecule has 0 aliphatic carbocycles. The number of carbonyl (C=O) groups excluding carboxylic acids is 1. The number of benzene rings is 1. The third-order valence-electron chi connectivity index (χ3n) is 3.94. The number of halogens is 1. The van der Waals surface area contributed by atoms with Crippen LogP contribution in [-0.2, 0) is 4.74 Å². The topological polar surface area (TPSA) is 29.5 Å². The summed E-state index contributed by atoms with van der Waals surface area (Å²) in [6, 6.07) is 4.70. The van der Waals surface area contributed by atoms with E-state index in [-0.39, 0.29) is 17.7 Å². The van der Waals surface area contributed by atoms with Gasteiger partial charge in [0.15, 0.2) is 5.78 Å². The first-order valence-electron chi connectivity index (χ1n) is 7.14. The second kappa shape index (κ2) is 6.95. The normalized spacial score (nSPS) is 20.1. The highest BCUT2D eigenvalue weighted by atomic mass is 19.1. The lowest BCUT2D eigenvalue weighted by atomic mass is 10.0. The van der Waals surface area contributed by atoms with Gasteiger partial charge >= 0.3 is 0 Å². The number of hydrogen-bond donors (Lipinski definition) is 0. The molecule has 3 nitrogen and oxygen atoms in total. The second-order valence-electron chi connectivity index (χ2n) is 5.44. The van der Waals surface area contributed by atoms with E-state index >= 15 is 0 Å². The molecule has 0 saturated carbocycles. The van der Waals surface area contributed by atoms with Crippen molar-refractivity contribution in [2.75, 3.05) is 26.7 Å². The van der Waals surface area contributed by atoms with Gasteiger partial charge in [0.1, 0.15) is 5.82 Å². The molecule has 0 aromatic heterocycles. The molecule has 0 bridgehead atoms. The summed E-state index contributed by atoms with van der Waals surface area (Å²) >= 11 is 0. The molecule has 1 aromatic carbocycles. The van der Waals surface area contributed by atoms with Gasteiger partial charge in [0.05, 0.1) is 6.10 Å². The van der Waals surface area contributed by atoms with E-state index in [0.29, 0.717) is 24.1 Å². The Morgan fingerprint density at radius 3 is 3.00 bits per heavy atom. The first kappa shape index (κ1) is 15.1. The molecule has 0 radical (unpaired) electrons. The molecule has 1 fully saturated rings. The molecule has 1 saturated heterocycles. The van der Waals surface area contributed by atoms with Crippen LogP contribution < -0.4 is 0 Å². The minimum Gasteiger partial charge on any atom is -0.380 e. The highest BCUT2D eigenvalue weighted by Gasteiger charge is 2.20. The van der Waals surface area contributed by atoms with Crippen molar-refractivity contribution in [2.45, 2.75) is 32.3 Å². The van der Waals surface area contributed by atoms with Gasteiger partial charge in [-0.25, -0.2) is 4.39 Å². The Balaban J connectivity index is 1.87. The zero-order chi connectivity index (χ0) is 14.5. The summed E-state index contributed by atoms with van der Waals surface area (Å²) in [7, 11) is 1.73. The molecule has 4 heteroatoms. The Morgan fingerprint density at radius 2 is 2.30 bits per heavy atom. The van der Waals surface area contributed by atoms with E-state index in [1.165, 1.54) is 6.07 Å². The number of ketones is 1. The van der Waals surface area contributed by atoms with Gasteiger partial charge in [-0.05, 0) is 37.9 Å². The molecule has 2 rings (SSSR count). The van der Waals surface area contributed by atoms with Crippen LogP contribution in [0.2, 0.25) is 0 Å². The van der Waals surface area contributed by atoms with Gasteiger partial charge in [-0.15, -0.1) is 0 Å². The van der Waals surface area contributed by atoms with Crippen LogP contribution in [0.3, 0.4) is 0 Å². The fourth-order valence-electron chi connectivity index (χ4n) is 2.58. The number of aryl methyl sites for hydroxylation is 1. The highest BCUT2D eigenvalue weighted by Crippen LogP contribution is 2.15. The predicted molar refractivity (Wildman–Crippen MR) is 76.6 cm³/mol. The first-order chi connectivity index (χ1) is 9.60. The molecule has 1 aromatic rings. The third kappa shape index (κ3) is 3.87. The van der Waals surface area contributed by atoms with Crippen molar-refractivity contribution in [1.29, 1.82) is 0 Å². The molecule has 0 amide bonds. The van der Waals surface area contributed by atoms with Crippen LogP contribution >= 0.6 is 0 Å². The lowest BCUT2D eigenvalue weighted by molar-refractivity contribution is 0.0309. The number of hydrogen-bond acceptors (Lipinski definition) is 3. The predicted octanol–water partition coefficient (Wildman–Crippen LogP) is 2.82. The minimum atomic E-state index is -0.312. The fourth-order valence-corrected chi connectivity index (χ4v) is 2.58. The van der Waals surface area contributed by atoms with E-state index in [4.69, 9.17) is 4.74 Å². The molecular formula is C16H22FNO2. The van der Waals surface area contributed by atoms with Crippen LogP contribution in [0.4, 0.5) is 4.39 Å². The summed E-state index contributed by atoms with van der Waals surface area (Å²) in [5.41, 5.74) is 1.04. The average molecular weight is 279 g/mol. The Kier molecular flexibility index (Phi) is 5.26. The van der Waals surface area contributed by atoms with Crippen LogP contribution in [0.1, 0.15) is 35.2 Å². The van der Waals surface area contributed by atoms with Gasteiger partial charge in [0.2, 0.25) is 0 Å². The SMILES string of the molecule is COC1CCCN(CCC(=O)c2ccc(C)c(F)c2)C1. The summed E-state index contributed by atoms with van der Waals surface area (Å²) in [6.45, 7) is 4.30. The second-order valence-corrected chi connectivity index (χ2v) is 5.44. The summed E-state index contributed by atoms with van der Waals surface area (Å²) in [4.78, 5) is 14.3. The first-order valence-corrected chi connectivity index (χ1v) is 7.14. The lowest BCUT2D eigenvalue weighted by Crippen LogP contribution is -2.40. The number of piperidine rings is 1. The number of methoxy groups -OCH3 is 1. The zero-order valence-corrected chi connectivity index (χ0v) is 12.2. The lowest BCUT2D eigenvalue weighted by Gasteiger charge is -2.31. The maximum atomic E-state index is 13.5. The van der Waals surface area contributed by atoms with Crippen LogP contribution in [0.15, 0.2) is 18.2 Å². The average Bonchev–Trinajstić information content (AvgIpc) is 2.47. The van der Waals surface area contributed by atoms with Gasteiger partial charge in [-0.2, -0.15) is 0 Å². The Hall–Kier alpha value is -1.26. The molecule has 0 spiro atoms. The maximum Gasteiger partial charge on any atom is 0.164 e. The summed E-state index contributed by atoms with van der Waals surface area (Å²) in [6.07, 6.45) is 2.89. The number of rotatable bonds is 5. The number of Topliss-reactive ketones (excluding diaryl/α,β-unsaturated/α-hetero) is 1. The van der Waals surface area contributed by atoms with Crippen LogP contribution in [-0.4, -0.2) is 43.5 Å². The molecule has 110 valence electrons. The number of likely N-dealkylation sites (tertiary alicyclic amines) is 1. The van der Waals surface area contributed by atoms with E-state index in [1.807, 2.05) is 0 Å². The fraction of sp³-hybridized carbons (Fsp3) is 0.562. The van der Waals surface area contributed by atoms with Crippen molar-refractivity contribution < 1.29 is 13.9 Å². The van der Waals surface area contributed by atoms with Gasteiger partial charge in [0, 0.05) is 32.2 Å². The van der Waals surface area contributed by atoms with Crippen molar-refractivity contribution in [3.8, 4) is 0 Å². The van der Waals surface area contributed by atoms with E-state index < -0.39 is 0 Å². The monoisotopic (exact) mass is 279 g/mol. The molecule has 1 aliphatic rings. The highest BCUT2D eigenvalue weighted by molar-refractivity contribution is 5.96. The quantitative estimate of drug-likeness (QED) is 0.776. The molecule has 1 heterocycles. The van der Waals surface area contributed by atoms with Crippen LogP contribution in [0.25, 0.3) is 0 Å². The smallest absolute Gasteiger partial charge is 0.164 e. The Labute approximate surface area is 119 Å². The van der Waals surface area contributed by atoms with Gasteiger partial charge < -0.3 is 9.64 Å². The van der Waals surface area contributed by atoms with Crippen molar-refractivity contribution in [2.24, 2.45) is 0 Å². The van der Waals surface area contributed by atoms with Crippen molar-refractivity contribution in [3.05, 3.63) is 35.1 Å². The molecule has 1 atom stereocenters. The van der Waals surface area contributed by atoms with Crippen molar-refractivity contribution in [3.63, 3.8) is 0 Å². The minimum absolute atomic E-state index is 0.00319. The van der Waals surface area contributed by atoms with Gasteiger partial charge in [0.25, 0.3) is 0 Å². The largest absolute Gasteiger partial charge is 0.380 e. The van der Waals surface area contributed by atoms with E-state index in [0.717, 1.165) is 25.9 Å². The Morgan fingerprint density at radius 1 is 1.50 bits per heavy atom. The Bertz CT molecular complexity index is 476. The molecule has 1 aliphatic heterocycles. The van der Waals surface area contributed by atoms with E-state index in [2.05, 4.69) is 4.90 Å². The summed E-state index contributed by atoms with van der Waals surface area (Å²) in [5.74, 6) is -0.309. The summed E-state index contributed by atoms with van der Waals surface area (Å²) in [5, 5.41) is 0. The maximum absolute atomic E-state index is 13.5. The molecule has 20 heavy (non-hydrogen) atoms.